The highest BCUT2D eigenvalue weighted by molar-refractivity contribution is 5.92. The number of urea groups is 1. The third-order valence-electron chi connectivity index (χ3n) is 4.78. The van der Waals surface area contributed by atoms with E-state index >= 15 is 0 Å². The standard InChI is InChI=1S/C23H28FN3O2/c1-16(2)26-23(29)27(15-18-8-10-20(24)11-9-18)21-5-3-4-19(12-21)13-22(28)25-14-17-6-7-17/h3-5,8-12,16-17H,6-7,13-15H2,1-2H3,(H,25,28)(H,26,29). The van der Waals surface area contributed by atoms with Crippen molar-refractivity contribution in [2.45, 2.75) is 45.7 Å². The van der Waals surface area contributed by atoms with Gasteiger partial charge in [-0.25, -0.2) is 9.18 Å². The monoisotopic (exact) mass is 397 g/mol. The van der Waals surface area contributed by atoms with Gasteiger partial charge in [0, 0.05) is 18.3 Å². The summed E-state index contributed by atoms with van der Waals surface area (Å²) in [5.74, 6) is 0.313. The summed E-state index contributed by atoms with van der Waals surface area (Å²) in [6, 6.07) is 13.3. The van der Waals surface area contributed by atoms with Gasteiger partial charge in [-0.15, -0.1) is 0 Å². The van der Waals surface area contributed by atoms with E-state index in [0.717, 1.165) is 17.7 Å². The van der Waals surface area contributed by atoms with E-state index in [0.29, 0.717) is 18.2 Å². The fourth-order valence-corrected chi connectivity index (χ4v) is 3.04. The third-order valence-corrected chi connectivity index (χ3v) is 4.78. The van der Waals surface area contributed by atoms with Crippen LogP contribution in [0.5, 0.6) is 0 Å². The molecule has 0 aliphatic heterocycles. The fourth-order valence-electron chi connectivity index (χ4n) is 3.04. The molecule has 3 amide bonds. The van der Waals surface area contributed by atoms with E-state index < -0.39 is 0 Å². The first-order valence-electron chi connectivity index (χ1n) is 10.1. The van der Waals surface area contributed by atoms with Gasteiger partial charge in [-0.1, -0.05) is 24.3 Å². The summed E-state index contributed by atoms with van der Waals surface area (Å²) >= 11 is 0. The minimum Gasteiger partial charge on any atom is -0.356 e. The predicted octanol–water partition coefficient (Wildman–Crippen LogP) is 4.02. The third kappa shape index (κ3) is 6.59. The Hall–Kier alpha value is -2.89. The van der Waals surface area contributed by atoms with Crippen LogP contribution in [0, 0.1) is 11.7 Å². The van der Waals surface area contributed by atoms with Crippen LogP contribution in [0.2, 0.25) is 0 Å². The van der Waals surface area contributed by atoms with Gasteiger partial charge in [0.1, 0.15) is 5.82 Å². The van der Waals surface area contributed by atoms with Crippen LogP contribution >= 0.6 is 0 Å². The molecular formula is C23H28FN3O2. The van der Waals surface area contributed by atoms with Crippen molar-refractivity contribution in [3.63, 3.8) is 0 Å². The summed E-state index contributed by atoms with van der Waals surface area (Å²) in [5, 5.41) is 5.87. The molecular weight excluding hydrogens is 369 g/mol. The minimum absolute atomic E-state index is 0.00855. The van der Waals surface area contributed by atoms with Crippen molar-refractivity contribution in [3.8, 4) is 0 Å². The van der Waals surface area contributed by atoms with Crippen molar-refractivity contribution >= 4 is 17.6 Å². The van der Waals surface area contributed by atoms with Gasteiger partial charge in [-0.2, -0.15) is 0 Å². The zero-order chi connectivity index (χ0) is 20.8. The molecule has 0 radical (unpaired) electrons. The van der Waals surface area contributed by atoms with Gasteiger partial charge in [0.15, 0.2) is 0 Å². The average molecular weight is 397 g/mol. The van der Waals surface area contributed by atoms with Crippen molar-refractivity contribution in [3.05, 3.63) is 65.5 Å². The highest BCUT2D eigenvalue weighted by Crippen LogP contribution is 2.27. The number of hydrogen-bond acceptors (Lipinski definition) is 2. The Bertz CT molecular complexity index is 847. The zero-order valence-corrected chi connectivity index (χ0v) is 17.0. The van der Waals surface area contributed by atoms with Crippen molar-refractivity contribution in [2.24, 2.45) is 5.92 Å². The molecule has 1 aliphatic carbocycles. The quantitative estimate of drug-likeness (QED) is 0.707. The van der Waals surface area contributed by atoms with E-state index in [9.17, 15) is 14.0 Å². The fraction of sp³-hybridized carbons (Fsp3) is 0.391. The van der Waals surface area contributed by atoms with Crippen LogP contribution in [0.1, 0.15) is 37.8 Å². The van der Waals surface area contributed by atoms with E-state index in [1.54, 1.807) is 17.0 Å². The molecule has 0 unspecified atom stereocenters. The number of carbonyl (C=O) groups excluding carboxylic acids is 2. The zero-order valence-electron chi connectivity index (χ0n) is 17.0. The normalized spacial score (nSPS) is 13.2. The van der Waals surface area contributed by atoms with E-state index in [-0.39, 0.29) is 30.2 Å². The van der Waals surface area contributed by atoms with Gasteiger partial charge >= 0.3 is 6.03 Å². The molecule has 0 spiro atoms. The van der Waals surface area contributed by atoms with Crippen molar-refractivity contribution < 1.29 is 14.0 Å². The molecule has 1 saturated carbocycles. The van der Waals surface area contributed by atoms with Crippen LogP contribution in [0.15, 0.2) is 48.5 Å². The van der Waals surface area contributed by atoms with Gasteiger partial charge in [0.2, 0.25) is 5.91 Å². The number of carbonyl (C=O) groups is 2. The number of amides is 3. The first-order chi connectivity index (χ1) is 13.9. The molecule has 3 rings (SSSR count). The minimum atomic E-state index is -0.314. The highest BCUT2D eigenvalue weighted by Gasteiger charge is 2.22. The van der Waals surface area contributed by atoms with Crippen LogP contribution in [-0.2, 0) is 17.8 Å². The van der Waals surface area contributed by atoms with E-state index in [1.807, 2.05) is 38.1 Å². The molecule has 0 aromatic heterocycles. The first-order valence-corrected chi connectivity index (χ1v) is 10.1. The van der Waals surface area contributed by atoms with Gasteiger partial charge in [-0.05, 0) is 68.0 Å². The number of hydrogen-bond donors (Lipinski definition) is 2. The van der Waals surface area contributed by atoms with Crippen LogP contribution in [0.3, 0.4) is 0 Å². The first kappa shape index (κ1) is 20.8. The number of rotatable bonds is 8. The van der Waals surface area contributed by atoms with E-state index in [1.165, 1.54) is 25.0 Å². The molecule has 0 bridgehead atoms. The Kier molecular flexibility index (Phi) is 6.86. The van der Waals surface area contributed by atoms with E-state index in [4.69, 9.17) is 0 Å². The molecule has 1 aliphatic rings. The Labute approximate surface area is 171 Å². The molecule has 5 nitrogen and oxygen atoms in total. The molecule has 0 saturated heterocycles. The molecule has 2 aromatic carbocycles. The van der Waals surface area contributed by atoms with Crippen LogP contribution in [0.4, 0.5) is 14.9 Å². The van der Waals surface area contributed by atoms with Crippen LogP contribution in [0.25, 0.3) is 0 Å². The molecule has 2 N–H and O–H groups in total. The number of nitrogens with one attached hydrogen (secondary N) is 2. The van der Waals surface area contributed by atoms with Gasteiger partial charge in [0.05, 0.1) is 13.0 Å². The van der Waals surface area contributed by atoms with Crippen molar-refractivity contribution in [2.75, 3.05) is 11.4 Å². The van der Waals surface area contributed by atoms with Gasteiger partial charge in [0.25, 0.3) is 0 Å². The van der Waals surface area contributed by atoms with Crippen LogP contribution in [-0.4, -0.2) is 24.5 Å². The maximum absolute atomic E-state index is 13.2. The number of benzene rings is 2. The van der Waals surface area contributed by atoms with Crippen LogP contribution < -0.4 is 15.5 Å². The van der Waals surface area contributed by atoms with Gasteiger partial charge in [-0.3, -0.25) is 9.69 Å². The van der Waals surface area contributed by atoms with Crippen molar-refractivity contribution in [1.29, 1.82) is 0 Å². The molecule has 29 heavy (non-hydrogen) atoms. The Morgan fingerprint density at radius 1 is 1.10 bits per heavy atom. The SMILES string of the molecule is CC(C)NC(=O)N(Cc1ccc(F)cc1)c1cccc(CC(=O)NCC2CC2)c1. The lowest BCUT2D eigenvalue weighted by molar-refractivity contribution is -0.120. The molecule has 1 fully saturated rings. The largest absolute Gasteiger partial charge is 0.356 e. The maximum atomic E-state index is 13.2. The lowest BCUT2D eigenvalue weighted by Crippen LogP contribution is -2.42. The summed E-state index contributed by atoms with van der Waals surface area (Å²) in [6.45, 7) is 4.84. The molecule has 6 heteroatoms. The lowest BCUT2D eigenvalue weighted by Gasteiger charge is -2.25. The molecule has 0 atom stereocenters. The molecule has 154 valence electrons. The Balaban J connectivity index is 1.75. The molecule has 0 heterocycles. The summed E-state index contributed by atoms with van der Waals surface area (Å²) in [5.41, 5.74) is 2.36. The second kappa shape index (κ2) is 9.54. The molecule has 2 aromatic rings. The Morgan fingerprint density at radius 2 is 1.83 bits per heavy atom. The summed E-state index contributed by atoms with van der Waals surface area (Å²) in [7, 11) is 0. The number of nitrogens with zero attached hydrogens (tertiary/aromatic N) is 1. The average Bonchev–Trinajstić information content (AvgIpc) is 3.50. The lowest BCUT2D eigenvalue weighted by atomic mass is 10.1. The summed E-state index contributed by atoms with van der Waals surface area (Å²) < 4.78 is 13.2. The number of anilines is 1. The predicted molar refractivity (Wildman–Crippen MR) is 112 cm³/mol. The van der Waals surface area contributed by atoms with E-state index in [2.05, 4.69) is 10.6 Å². The number of halogens is 1. The Morgan fingerprint density at radius 3 is 2.48 bits per heavy atom. The smallest absolute Gasteiger partial charge is 0.322 e. The van der Waals surface area contributed by atoms with Gasteiger partial charge < -0.3 is 10.6 Å². The topological polar surface area (TPSA) is 61.4 Å². The summed E-state index contributed by atoms with van der Waals surface area (Å²) in [4.78, 5) is 26.6. The summed E-state index contributed by atoms with van der Waals surface area (Å²) in [6.07, 6.45) is 2.66. The maximum Gasteiger partial charge on any atom is 0.322 e. The highest BCUT2D eigenvalue weighted by atomic mass is 19.1. The second-order valence-electron chi connectivity index (χ2n) is 7.91. The van der Waals surface area contributed by atoms with Crippen molar-refractivity contribution in [1.82, 2.24) is 10.6 Å². The second-order valence-corrected chi connectivity index (χ2v) is 7.91.